The third-order valence-electron chi connectivity index (χ3n) is 3.46. The molecule has 7 nitrogen and oxygen atoms in total. The van der Waals surface area contributed by atoms with Crippen molar-refractivity contribution in [2.45, 2.75) is 30.1 Å². The molecule has 26 heavy (non-hydrogen) atoms. The minimum absolute atomic E-state index is 0.372. The van der Waals surface area contributed by atoms with Crippen LogP contribution in [0, 0.1) is 0 Å². The molecule has 0 saturated carbocycles. The molecule has 0 fully saturated rings. The lowest BCUT2D eigenvalue weighted by Gasteiger charge is -2.17. The second kappa shape index (κ2) is 7.23. The number of rotatable bonds is 4. The molecule has 0 aromatic carbocycles. The van der Waals surface area contributed by atoms with Crippen LogP contribution >= 0.6 is 11.6 Å². The highest BCUT2D eigenvalue weighted by Gasteiger charge is 2.34. The van der Waals surface area contributed by atoms with Crippen molar-refractivity contribution in [2.75, 3.05) is 13.1 Å². The van der Waals surface area contributed by atoms with Crippen LogP contribution in [0.4, 0.5) is 18.0 Å². The lowest BCUT2D eigenvalue weighted by atomic mass is 10.3. The van der Waals surface area contributed by atoms with E-state index >= 15 is 0 Å². The van der Waals surface area contributed by atoms with Crippen molar-refractivity contribution in [1.82, 2.24) is 19.7 Å². The van der Waals surface area contributed by atoms with Crippen LogP contribution in [0.2, 0.25) is 5.02 Å². The van der Waals surface area contributed by atoms with E-state index in [1.165, 1.54) is 4.90 Å². The van der Waals surface area contributed by atoms with Gasteiger partial charge in [0, 0.05) is 25.5 Å². The summed E-state index contributed by atoms with van der Waals surface area (Å²) < 4.78 is 63.8. The zero-order valence-electron chi connectivity index (χ0n) is 13.7. The average molecular weight is 411 g/mol. The zero-order chi connectivity index (χ0) is 19.7. The van der Waals surface area contributed by atoms with Crippen LogP contribution in [0.25, 0.3) is 0 Å². The van der Waals surface area contributed by atoms with E-state index in [2.05, 4.69) is 10.1 Å². The van der Waals surface area contributed by atoms with Gasteiger partial charge in [0.2, 0.25) is 9.84 Å². The first kappa shape index (κ1) is 20.2. The van der Waals surface area contributed by atoms with E-state index in [-0.39, 0.29) is 0 Å². The Morgan fingerprint density at radius 2 is 1.92 bits per heavy atom. The van der Waals surface area contributed by atoms with Crippen LogP contribution in [0.1, 0.15) is 19.4 Å². The van der Waals surface area contributed by atoms with Gasteiger partial charge in [-0.2, -0.15) is 23.0 Å². The second-order valence-electron chi connectivity index (χ2n) is 5.07. The van der Waals surface area contributed by atoms with E-state index in [4.69, 9.17) is 11.6 Å². The molecule has 2 aromatic heterocycles. The third-order valence-corrected chi connectivity index (χ3v) is 5.46. The largest absolute Gasteiger partial charge is 0.417 e. The molecule has 0 radical (unpaired) electrons. The van der Waals surface area contributed by atoms with Crippen LogP contribution in [0.15, 0.2) is 34.6 Å². The molecule has 0 unspecified atom stereocenters. The van der Waals surface area contributed by atoms with Gasteiger partial charge >= 0.3 is 12.2 Å². The Balaban J connectivity index is 2.42. The van der Waals surface area contributed by atoms with E-state index in [1.807, 2.05) is 0 Å². The molecule has 12 heteroatoms. The van der Waals surface area contributed by atoms with Gasteiger partial charge in [-0.3, -0.25) is 0 Å². The standard InChI is InChI=1S/C14H14ClF3N4O3S/c1-3-21(4-2)13(23)22-6-5-11(20-22)26(24,25)12-10(15)7-9(8-19-12)14(16,17)18/h5-8H,3-4H2,1-2H3. The molecule has 2 rings (SSSR count). The summed E-state index contributed by atoms with van der Waals surface area (Å²) >= 11 is 5.68. The predicted molar refractivity (Wildman–Crippen MR) is 85.6 cm³/mol. The molecule has 0 spiro atoms. The molecule has 0 N–H and O–H groups in total. The lowest BCUT2D eigenvalue weighted by molar-refractivity contribution is -0.137. The fourth-order valence-electron chi connectivity index (χ4n) is 2.07. The third kappa shape index (κ3) is 3.83. The number of carbonyl (C=O) groups excluding carboxylic acids is 1. The molecule has 142 valence electrons. The number of aromatic nitrogens is 3. The van der Waals surface area contributed by atoms with Gasteiger partial charge in [0.1, 0.15) is 0 Å². The first-order valence-corrected chi connectivity index (χ1v) is 9.21. The molecule has 1 amide bonds. The Morgan fingerprint density at radius 3 is 2.42 bits per heavy atom. The molecular weight excluding hydrogens is 397 g/mol. The molecule has 0 atom stereocenters. The Bertz CT molecular complexity index is 924. The van der Waals surface area contributed by atoms with Gasteiger partial charge in [-0.25, -0.2) is 18.2 Å². The Kier molecular flexibility index (Phi) is 5.61. The topological polar surface area (TPSA) is 85.2 Å². The van der Waals surface area contributed by atoms with Gasteiger partial charge in [-0.15, -0.1) is 0 Å². The maximum Gasteiger partial charge on any atom is 0.417 e. The van der Waals surface area contributed by atoms with E-state index in [0.717, 1.165) is 16.9 Å². The van der Waals surface area contributed by atoms with Crippen molar-refractivity contribution in [3.63, 3.8) is 0 Å². The van der Waals surface area contributed by atoms with Gasteiger partial charge in [0.25, 0.3) is 0 Å². The monoisotopic (exact) mass is 410 g/mol. The summed E-state index contributed by atoms with van der Waals surface area (Å²) in [6, 6.07) is 0.981. The lowest BCUT2D eigenvalue weighted by Crippen LogP contribution is -2.34. The Hall–Kier alpha value is -2.14. The SMILES string of the molecule is CCN(CC)C(=O)n1ccc(S(=O)(=O)c2ncc(C(F)(F)F)cc2Cl)n1. The quantitative estimate of drug-likeness (QED) is 0.773. The van der Waals surface area contributed by atoms with Crippen molar-refractivity contribution in [3.8, 4) is 0 Å². The summed E-state index contributed by atoms with van der Waals surface area (Å²) in [5, 5.41) is 1.69. The zero-order valence-corrected chi connectivity index (χ0v) is 15.2. The number of halogens is 4. The fourth-order valence-corrected chi connectivity index (χ4v) is 3.69. The van der Waals surface area contributed by atoms with E-state index in [9.17, 15) is 26.4 Å². The summed E-state index contributed by atoms with van der Waals surface area (Å²) in [5.74, 6) is 0. The highest BCUT2D eigenvalue weighted by molar-refractivity contribution is 7.91. The number of hydrogen-bond donors (Lipinski definition) is 0. The van der Waals surface area contributed by atoms with Gasteiger partial charge in [-0.05, 0) is 26.0 Å². The molecule has 2 aromatic rings. The number of nitrogens with zero attached hydrogens (tertiary/aromatic N) is 4. The summed E-state index contributed by atoms with van der Waals surface area (Å²) in [7, 11) is -4.40. The molecule has 2 heterocycles. The van der Waals surface area contributed by atoms with Crippen LogP contribution in [-0.2, 0) is 16.0 Å². The van der Waals surface area contributed by atoms with Crippen molar-refractivity contribution in [3.05, 3.63) is 35.1 Å². The van der Waals surface area contributed by atoms with E-state index in [0.29, 0.717) is 25.4 Å². The summed E-state index contributed by atoms with van der Waals surface area (Å²) in [6.45, 7) is 4.27. The normalized spacial score (nSPS) is 12.2. The van der Waals surface area contributed by atoms with Crippen LogP contribution in [0.5, 0.6) is 0 Å². The molecule has 0 bridgehead atoms. The smallest absolute Gasteiger partial charge is 0.323 e. The van der Waals surface area contributed by atoms with Gasteiger partial charge < -0.3 is 4.90 Å². The summed E-state index contributed by atoms with van der Waals surface area (Å²) in [4.78, 5) is 16.9. The molecular formula is C14H14ClF3N4O3S. The minimum Gasteiger partial charge on any atom is -0.323 e. The predicted octanol–water partition coefficient (Wildman–Crippen LogP) is 3.09. The number of alkyl halides is 3. The Morgan fingerprint density at radius 1 is 1.31 bits per heavy atom. The van der Waals surface area contributed by atoms with Crippen molar-refractivity contribution in [1.29, 1.82) is 0 Å². The molecule has 0 aliphatic carbocycles. The Labute approximate surface area is 152 Å². The van der Waals surface area contributed by atoms with Crippen molar-refractivity contribution in [2.24, 2.45) is 0 Å². The molecule has 0 aliphatic rings. The highest BCUT2D eigenvalue weighted by atomic mass is 35.5. The first-order valence-electron chi connectivity index (χ1n) is 7.35. The number of hydrogen-bond acceptors (Lipinski definition) is 5. The minimum atomic E-state index is -4.71. The van der Waals surface area contributed by atoms with Crippen molar-refractivity contribution < 1.29 is 26.4 Å². The van der Waals surface area contributed by atoms with Crippen LogP contribution < -0.4 is 0 Å². The first-order chi connectivity index (χ1) is 12.0. The maximum absolute atomic E-state index is 12.6. The van der Waals surface area contributed by atoms with Gasteiger partial charge in [0.05, 0.1) is 10.6 Å². The van der Waals surface area contributed by atoms with Gasteiger partial charge in [0.15, 0.2) is 10.1 Å². The summed E-state index contributed by atoms with van der Waals surface area (Å²) in [5.41, 5.74) is -1.18. The van der Waals surface area contributed by atoms with Crippen LogP contribution in [0.3, 0.4) is 0 Å². The van der Waals surface area contributed by atoms with Crippen LogP contribution in [-0.4, -0.2) is 47.2 Å². The van der Waals surface area contributed by atoms with E-state index in [1.54, 1.807) is 13.8 Å². The number of carbonyl (C=O) groups is 1. The maximum atomic E-state index is 12.6. The van der Waals surface area contributed by atoms with Crippen molar-refractivity contribution >= 4 is 27.5 Å². The summed E-state index contributed by atoms with van der Waals surface area (Å²) in [6.07, 6.45) is -3.20. The van der Waals surface area contributed by atoms with E-state index < -0.39 is 42.7 Å². The average Bonchev–Trinajstić information content (AvgIpc) is 3.05. The second-order valence-corrected chi connectivity index (χ2v) is 7.28. The molecule has 0 saturated heterocycles. The number of sulfone groups is 1. The number of pyridine rings is 1. The fraction of sp³-hybridized carbons (Fsp3) is 0.357. The highest BCUT2D eigenvalue weighted by Crippen LogP contribution is 2.33. The van der Waals surface area contributed by atoms with Gasteiger partial charge in [-0.1, -0.05) is 11.6 Å². The number of amides is 1. The molecule has 0 aliphatic heterocycles.